The maximum atomic E-state index is 11.7. The lowest BCUT2D eigenvalue weighted by molar-refractivity contribution is 0.0697. The molecule has 0 spiro atoms. The fraction of sp³-hybridized carbons (Fsp3) is 0.0417. The second kappa shape index (κ2) is 7.94. The summed E-state index contributed by atoms with van der Waals surface area (Å²) in [6, 6.07) is 17.8. The highest BCUT2D eigenvalue weighted by Crippen LogP contribution is 2.37. The van der Waals surface area contributed by atoms with E-state index in [2.05, 4.69) is 21.2 Å². The van der Waals surface area contributed by atoms with E-state index in [9.17, 15) is 9.90 Å². The topological polar surface area (TPSA) is 84.3 Å². The van der Waals surface area contributed by atoms with Crippen LogP contribution < -0.4 is 10.1 Å². The molecule has 1 heterocycles. The number of terminal acetylenes is 1. The highest BCUT2D eigenvalue weighted by Gasteiger charge is 2.17. The van der Waals surface area contributed by atoms with Crippen molar-refractivity contribution in [2.45, 2.75) is 0 Å². The van der Waals surface area contributed by atoms with Gasteiger partial charge in [-0.15, -0.1) is 6.42 Å². The summed E-state index contributed by atoms with van der Waals surface area (Å²) in [4.78, 5) is 20.4. The number of carboxylic acids is 1. The SMILES string of the molecule is C#Cc1cccc(Nc2ncnc3cc(OC)c(-c4ccccc4C(=O)O)cc23)c1. The molecule has 0 radical (unpaired) electrons. The van der Waals surface area contributed by atoms with E-state index in [4.69, 9.17) is 11.2 Å². The van der Waals surface area contributed by atoms with Crippen LogP contribution in [0.5, 0.6) is 5.75 Å². The van der Waals surface area contributed by atoms with Gasteiger partial charge in [-0.25, -0.2) is 14.8 Å². The molecule has 2 N–H and O–H groups in total. The van der Waals surface area contributed by atoms with Crippen LogP contribution in [0.3, 0.4) is 0 Å². The minimum Gasteiger partial charge on any atom is -0.496 e. The van der Waals surface area contributed by atoms with E-state index in [0.29, 0.717) is 28.2 Å². The van der Waals surface area contributed by atoms with Gasteiger partial charge in [0.05, 0.1) is 18.2 Å². The first kappa shape index (κ1) is 19.0. The van der Waals surface area contributed by atoms with Gasteiger partial charge in [0, 0.05) is 28.3 Å². The molecule has 0 fully saturated rings. The molecule has 6 heteroatoms. The molecule has 0 saturated carbocycles. The molecule has 0 unspecified atom stereocenters. The van der Waals surface area contributed by atoms with E-state index >= 15 is 0 Å². The zero-order valence-corrected chi connectivity index (χ0v) is 16.1. The average molecular weight is 395 g/mol. The Morgan fingerprint density at radius 1 is 1.07 bits per heavy atom. The molecule has 4 aromatic rings. The van der Waals surface area contributed by atoms with Gasteiger partial charge in [0.1, 0.15) is 17.9 Å². The second-order valence-electron chi connectivity index (χ2n) is 6.49. The Morgan fingerprint density at radius 3 is 2.67 bits per heavy atom. The molecule has 0 amide bonds. The summed E-state index contributed by atoms with van der Waals surface area (Å²) in [6.07, 6.45) is 6.95. The second-order valence-corrected chi connectivity index (χ2v) is 6.49. The number of nitrogens with one attached hydrogen (secondary N) is 1. The van der Waals surface area contributed by atoms with Gasteiger partial charge >= 0.3 is 5.97 Å². The first-order valence-electron chi connectivity index (χ1n) is 9.10. The van der Waals surface area contributed by atoms with Crippen LogP contribution in [0.15, 0.2) is 67.0 Å². The van der Waals surface area contributed by atoms with Crippen LogP contribution >= 0.6 is 0 Å². The Morgan fingerprint density at radius 2 is 1.90 bits per heavy atom. The number of fused-ring (bicyclic) bond motifs is 1. The third-order valence-corrected chi connectivity index (χ3v) is 4.70. The smallest absolute Gasteiger partial charge is 0.336 e. The van der Waals surface area contributed by atoms with E-state index in [-0.39, 0.29) is 5.56 Å². The van der Waals surface area contributed by atoms with Gasteiger partial charge in [-0.05, 0) is 35.9 Å². The zero-order valence-electron chi connectivity index (χ0n) is 16.1. The summed E-state index contributed by atoms with van der Waals surface area (Å²) in [5, 5.41) is 13.6. The van der Waals surface area contributed by atoms with Crippen molar-refractivity contribution >= 4 is 28.4 Å². The zero-order chi connectivity index (χ0) is 21.1. The van der Waals surface area contributed by atoms with Crippen molar-refractivity contribution < 1.29 is 14.6 Å². The summed E-state index contributed by atoms with van der Waals surface area (Å²) in [5.74, 6) is 2.69. The number of ether oxygens (including phenoxy) is 1. The molecule has 0 aliphatic carbocycles. The van der Waals surface area contributed by atoms with Crippen molar-refractivity contribution in [1.29, 1.82) is 0 Å². The number of hydrogen-bond acceptors (Lipinski definition) is 5. The predicted octanol–water partition coefficient (Wildman–Crippen LogP) is 4.73. The Bertz CT molecular complexity index is 1310. The van der Waals surface area contributed by atoms with Crippen molar-refractivity contribution in [2.75, 3.05) is 12.4 Å². The van der Waals surface area contributed by atoms with Crippen molar-refractivity contribution in [3.8, 4) is 29.2 Å². The van der Waals surface area contributed by atoms with Crippen LogP contribution in [-0.2, 0) is 0 Å². The van der Waals surface area contributed by atoms with Crippen LogP contribution in [0, 0.1) is 12.3 Å². The Hall–Kier alpha value is -4.37. The third-order valence-electron chi connectivity index (χ3n) is 4.70. The molecule has 0 atom stereocenters. The van der Waals surface area contributed by atoms with Crippen LogP contribution in [0.1, 0.15) is 15.9 Å². The molecule has 4 rings (SSSR count). The number of nitrogens with zero attached hydrogens (tertiary/aromatic N) is 2. The van der Waals surface area contributed by atoms with Crippen molar-refractivity contribution in [2.24, 2.45) is 0 Å². The van der Waals surface area contributed by atoms with Crippen LogP contribution in [0.4, 0.5) is 11.5 Å². The molecule has 0 saturated heterocycles. The number of carboxylic acid groups (broad SMARTS) is 1. The number of aromatic nitrogens is 2. The van der Waals surface area contributed by atoms with E-state index < -0.39 is 5.97 Å². The first-order valence-corrected chi connectivity index (χ1v) is 9.10. The lowest BCUT2D eigenvalue weighted by Crippen LogP contribution is -2.01. The lowest BCUT2D eigenvalue weighted by Gasteiger charge is -2.14. The molecule has 0 bridgehead atoms. The van der Waals surface area contributed by atoms with E-state index in [1.165, 1.54) is 6.33 Å². The van der Waals surface area contributed by atoms with Gasteiger partial charge in [-0.2, -0.15) is 0 Å². The maximum absolute atomic E-state index is 11.7. The molecule has 0 aliphatic heterocycles. The van der Waals surface area contributed by atoms with Gasteiger partial charge in [0.25, 0.3) is 0 Å². The lowest BCUT2D eigenvalue weighted by atomic mass is 9.97. The monoisotopic (exact) mass is 395 g/mol. The number of methoxy groups -OCH3 is 1. The minimum absolute atomic E-state index is 0.184. The first-order chi connectivity index (χ1) is 14.6. The standard InChI is InChI=1S/C24H17N3O3/c1-3-15-7-6-8-16(11-15)27-23-20-12-19(17-9-4-5-10-18(17)24(28)29)22(30-2)13-21(20)25-14-26-23/h1,4-14H,2H3,(H,28,29)(H,25,26,27). The van der Waals surface area contributed by atoms with Crippen LogP contribution in [0.2, 0.25) is 0 Å². The van der Waals surface area contributed by atoms with E-state index in [1.807, 2.05) is 30.3 Å². The fourth-order valence-corrected chi connectivity index (χ4v) is 3.29. The van der Waals surface area contributed by atoms with Crippen molar-refractivity contribution in [3.05, 3.63) is 78.1 Å². The number of benzene rings is 3. The summed E-state index contributed by atoms with van der Waals surface area (Å²) in [7, 11) is 1.54. The third kappa shape index (κ3) is 3.52. The maximum Gasteiger partial charge on any atom is 0.336 e. The summed E-state index contributed by atoms with van der Waals surface area (Å²) < 4.78 is 5.54. The van der Waals surface area contributed by atoms with Crippen molar-refractivity contribution in [1.82, 2.24) is 9.97 Å². The normalized spacial score (nSPS) is 10.4. The van der Waals surface area contributed by atoms with Gasteiger partial charge in [0.2, 0.25) is 0 Å². The minimum atomic E-state index is -1.01. The summed E-state index contributed by atoms with van der Waals surface area (Å²) in [6.45, 7) is 0. The van der Waals surface area contributed by atoms with Gasteiger partial charge in [0.15, 0.2) is 0 Å². The molecule has 0 aliphatic rings. The highest BCUT2D eigenvalue weighted by atomic mass is 16.5. The average Bonchev–Trinajstić information content (AvgIpc) is 2.78. The number of anilines is 2. The quantitative estimate of drug-likeness (QED) is 0.475. The van der Waals surface area contributed by atoms with E-state index in [1.54, 1.807) is 37.4 Å². The van der Waals surface area contributed by atoms with E-state index in [0.717, 1.165) is 16.6 Å². The number of hydrogen-bond donors (Lipinski definition) is 2. The molecule has 1 aromatic heterocycles. The van der Waals surface area contributed by atoms with Gasteiger partial charge in [-0.1, -0.05) is 30.2 Å². The Balaban J connectivity index is 1.90. The predicted molar refractivity (Wildman–Crippen MR) is 116 cm³/mol. The van der Waals surface area contributed by atoms with Gasteiger partial charge < -0.3 is 15.2 Å². The Labute approximate surface area is 173 Å². The summed E-state index contributed by atoms with van der Waals surface area (Å²) in [5.41, 5.74) is 3.56. The van der Waals surface area contributed by atoms with Crippen molar-refractivity contribution in [3.63, 3.8) is 0 Å². The molecule has 30 heavy (non-hydrogen) atoms. The molecular formula is C24H17N3O3. The Kier molecular flexibility index (Phi) is 5.02. The number of aromatic carboxylic acids is 1. The molecule has 146 valence electrons. The van der Waals surface area contributed by atoms with Crippen LogP contribution in [0.25, 0.3) is 22.0 Å². The fourth-order valence-electron chi connectivity index (χ4n) is 3.29. The largest absolute Gasteiger partial charge is 0.496 e. The highest BCUT2D eigenvalue weighted by molar-refractivity contribution is 6.01. The van der Waals surface area contributed by atoms with Crippen LogP contribution in [-0.4, -0.2) is 28.2 Å². The summed E-state index contributed by atoms with van der Waals surface area (Å²) >= 11 is 0. The molecule has 3 aromatic carbocycles. The number of carbonyl (C=O) groups is 1. The van der Waals surface area contributed by atoms with Gasteiger partial charge in [-0.3, -0.25) is 0 Å². The molecular weight excluding hydrogens is 378 g/mol. The number of rotatable bonds is 5. The molecule has 6 nitrogen and oxygen atoms in total.